The zero-order chi connectivity index (χ0) is 17.4. The molecule has 1 N–H and O–H groups in total. The van der Waals surface area contributed by atoms with Gasteiger partial charge in [-0.3, -0.25) is 0 Å². The van der Waals surface area contributed by atoms with E-state index in [0.717, 1.165) is 5.56 Å². The quantitative estimate of drug-likeness (QED) is 0.930. The Hall–Kier alpha value is -3.54. The first-order chi connectivity index (χ1) is 12.1. The van der Waals surface area contributed by atoms with Gasteiger partial charge in [0.15, 0.2) is 23.0 Å². The highest BCUT2D eigenvalue weighted by molar-refractivity contribution is 6.07. The van der Waals surface area contributed by atoms with Gasteiger partial charge in [0.2, 0.25) is 0 Å². The molecule has 0 aliphatic carbocycles. The first-order valence-electron chi connectivity index (χ1n) is 7.65. The second-order valence-electron chi connectivity index (χ2n) is 5.52. The van der Waals surface area contributed by atoms with Crippen LogP contribution in [-0.2, 0) is 16.1 Å². The number of carboxylic acid groups (broad SMARTS) is 1. The van der Waals surface area contributed by atoms with Crippen LogP contribution in [0, 0.1) is 0 Å². The average Bonchev–Trinajstić information content (AvgIpc) is 3.00. The minimum absolute atomic E-state index is 0.0907. The van der Waals surface area contributed by atoms with E-state index in [0.29, 0.717) is 22.8 Å². The number of fused-ring (bicyclic) bond motifs is 3. The van der Waals surface area contributed by atoms with Crippen LogP contribution in [-0.4, -0.2) is 22.0 Å². The standard InChI is InChI=1S/C19H14N2O4/c1-12-17(24-11-13-7-3-2-4-8-13)16(19(22)23)20-18-14-9-5-6-10-15(14)25-21(12)18/h2-10H,1,11H2,(H,22,23). The second-order valence-corrected chi connectivity index (χ2v) is 5.52. The Morgan fingerprint density at radius 1 is 1.16 bits per heavy atom. The molecule has 0 bridgehead atoms. The van der Waals surface area contributed by atoms with Gasteiger partial charge in [0.1, 0.15) is 12.3 Å². The molecule has 2 aliphatic heterocycles. The first kappa shape index (κ1) is 15.0. The Labute approximate surface area is 143 Å². The highest BCUT2D eigenvalue weighted by atomic mass is 16.7. The summed E-state index contributed by atoms with van der Waals surface area (Å²) in [5.74, 6) is -0.102. The number of nitrogens with zero attached hydrogens (tertiary/aromatic N) is 2. The average molecular weight is 334 g/mol. The minimum Gasteiger partial charge on any atom is -0.484 e. The molecule has 6 heteroatoms. The molecule has 25 heavy (non-hydrogen) atoms. The van der Waals surface area contributed by atoms with E-state index in [2.05, 4.69) is 11.6 Å². The number of carboxylic acids is 1. The Morgan fingerprint density at radius 3 is 2.64 bits per heavy atom. The van der Waals surface area contributed by atoms with Crippen LogP contribution < -0.4 is 4.84 Å². The Bertz CT molecular complexity index is 931. The zero-order valence-corrected chi connectivity index (χ0v) is 13.2. The maximum Gasteiger partial charge on any atom is 0.358 e. The number of carbonyl (C=O) groups is 1. The third kappa shape index (κ3) is 2.53. The van der Waals surface area contributed by atoms with Crippen LogP contribution in [0.25, 0.3) is 0 Å². The monoisotopic (exact) mass is 334 g/mol. The van der Waals surface area contributed by atoms with Crippen molar-refractivity contribution in [3.8, 4) is 5.75 Å². The van der Waals surface area contributed by atoms with Crippen LogP contribution in [0.2, 0.25) is 0 Å². The van der Waals surface area contributed by atoms with E-state index in [9.17, 15) is 9.90 Å². The van der Waals surface area contributed by atoms with Crippen LogP contribution in [0.4, 0.5) is 0 Å². The second kappa shape index (κ2) is 5.83. The van der Waals surface area contributed by atoms with Crippen molar-refractivity contribution in [2.24, 2.45) is 4.99 Å². The summed E-state index contributed by atoms with van der Waals surface area (Å²) < 4.78 is 5.73. The van der Waals surface area contributed by atoms with Crippen LogP contribution in [0.3, 0.4) is 0 Å². The van der Waals surface area contributed by atoms with E-state index in [1.54, 1.807) is 6.07 Å². The number of hydrogen-bond acceptors (Lipinski definition) is 5. The molecule has 2 aliphatic rings. The Balaban J connectivity index is 1.71. The molecule has 0 fully saturated rings. The molecule has 2 heterocycles. The summed E-state index contributed by atoms with van der Waals surface area (Å²) in [5, 5.41) is 10.9. The molecule has 124 valence electrons. The van der Waals surface area contributed by atoms with Crippen molar-refractivity contribution in [3.05, 3.63) is 89.5 Å². The van der Waals surface area contributed by atoms with Crippen molar-refractivity contribution in [2.75, 3.05) is 0 Å². The fraction of sp³-hybridized carbons (Fsp3) is 0.0526. The molecule has 0 amide bonds. The molecule has 0 saturated carbocycles. The van der Waals surface area contributed by atoms with E-state index < -0.39 is 5.97 Å². The third-order valence-corrected chi connectivity index (χ3v) is 3.88. The molecule has 0 unspecified atom stereocenters. The lowest BCUT2D eigenvalue weighted by Crippen LogP contribution is -2.33. The van der Waals surface area contributed by atoms with E-state index in [1.165, 1.54) is 5.06 Å². The fourth-order valence-corrected chi connectivity index (χ4v) is 2.68. The van der Waals surface area contributed by atoms with E-state index in [4.69, 9.17) is 9.57 Å². The van der Waals surface area contributed by atoms with Crippen LogP contribution in [0.5, 0.6) is 5.75 Å². The van der Waals surface area contributed by atoms with Crippen molar-refractivity contribution in [1.82, 2.24) is 5.06 Å². The summed E-state index contributed by atoms with van der Waals surface area (Å²) in [6.07, 6.45) is 0. The Morgan fingerprint density at radius 2 is 1.88 bits per heavy atom. The third-order valence-electron chi connectivity index (χ3n) is 3.88. The van der Waals surface area contributed by atoms with Gasteiger partial charge >= 0.3 is 5.97 Å². The first-order valence-corrected chi connectivity index (χ1v) is 7.65. The SMILES string of the molecule is C=C1C(OCc2ccccc2)=C(C(=O)O)N=C2c3ccccc3ON12. The molecule has 0 spiro atoms. The van der Waals surface area contributed by atoms with Crippen LogP contribution in [0.15, 0.2) is 83.3 Å². The van der Waals surface area contributed by atoms with Crippen molar-refractivity contribution in [2.45, 2.75) is 6.61 Å². The summed E-state index contributed by atoms with van der Waals surface area (Å²) in [7, 11) is 0. The van der Waals surface area contributed by atoms with Gasteiger partial charge in [-0.15, -0.1) is 0 Å². The van der Waals surface area contributed by atoms with Gasteiger partial charge in [0.25, 0.3) is 0 Å². The highest BCUT2D eigenvalue weighted by Gasteiger charge is 2.38. The molecular weight excluding hydrogens is 320 g/mol. The van der Waals surface area contributed by atoms with Gasteiger partial charge < -0.3 is 14.7 Å². The number of ether oxygens (including phenoxy) is 1. The number of amidine groups is 1. The van der Waals surface area contributed by atoms with Crippen molar-refractivity contribution in [1.29, 1.82) is 0 Å². The van der Waals surface area contributed by atoms with Crippen molar-refractivity contribution in [3.63, 3.8) is 0 Å². The predicted molar refractivity (Wildman–Crippen MR) is 90.5 cm³/mol. The number of hydroxylamine groups is 2. The van der Waals surface area contributed by atoms with Gasteiger partial charge in [0.05, 0.1) is 5.56 Å². The van der Waals surface area contributed by atoms with E-state index in [1.807, 2.05) is 48.5 Å². The largest absolute Gasteiger partial charge is 0.484 e. The summed E-state index contributed by atoms with van der Waals surface area (Å²) in [6.45, 7) is 4.15. The molecule has 0 atom stereocenters. The molecule has 4 rings (SSSR count). The number of hydrogen-bond donors (Lipinski definition) is 1. The van der Waals surface area contributed by atoms with E-state index >= 15 is 0 Å². The van der Waals surface area contributed by atoms with Gasteiger partial charge in [-0.25, -0.2) is 9.79 Å². The number of para-hydroxylation sites is 1. The number of aliphatic imine (C=N–C) groups is 1. The fourth-order valence-electron chi connectivity index (χ4n) is 2.68. The summed E-state index contributed by atoms with van der Waals surface area (Å²) in [6, 6.07) is 16.7. The lowest BCUT2D eigenvalue weighted by atomic mass is 10.1. The molecule has 2 aromatic carbocycles. The zero-order valence-electron chi connectivity index (χ0n) is 13.2. The topological polar surface area (TPSA) is 71.4 Å². The lowest BCUT2D eigenvalue weighted by molar-refractivity contribution is -0.133. The smallest absolute Gasteiger partial charge is 0.358 e. The summed E-state index contributed by atoms with van der Waals surface area (Å²) in [4.78, 5) is 21.6. The maximum atomic E-state index is 11.7. The Kier molecular flexibility index (Phi) is 3.50. The summed E-state index contributed by atoms with van der Waals surface area (Å²) >= 11 is 0. The summed E-state index contributed by atoms with van der Waals surface area (Å²) in [5.41, 5.74) is 1.74. The number of benzene rings is 2. The van der Waals surface area contributed by atoms with E-state index in [-0.39, 0.29) is 18.1 Å². The van der Waals surface area contributed by atoms with Crippen LogP contribution in [0.1, 0.15) is 11.1 Å². The molecule has 2 aromatic rings. The van der Waals surface area contributed by atoms with Gasteiger partial charge in [-0.1, -0.05) is 49.0 Å². The molecule has 0 saturated heterocycles. The maximum absolute atomic E-state index is 11.7. The molecule has 0 radical (unpaired) electrons. The normalized spacial score (nSPS) is 15.3. The highest BCUT2D eigenvalue weighted by Crippen LogP contribution is 2.37. The number of aliphatic carboxylic acids is 1. The number of rotatable bonds is 4. The van der Waals surface area contributed by atoms with Crippen LogP contribution >= 0.6 is 0 Å². The van der Waals surface area contributed by atoms with Crippen molar-refractivity contribution < 1.29 is 19.5 Å². The lowest BCUT2D eigenvalue weighted by Gasteiger charge is -2.26. The van der Waals surface area contributed by atoms with Gasteiger partial charge in [0, 0.05) is 0 Å². The molecule has 6 nitrogen and oxygen atoms in total. The minimum atomic E-state index is -1.18. The molecule has 0 aromatic heterocycles. The van der Waals surface area contributed by atoms with Gasteiger partial charge in [-0.2, -0.15) is 5.06 Å². The van der Waals surface area contributed by atoms with Crippen molar-refractivity contribution >= 4 is 11.8 Å². The predicted octanol–water partition coefficient (Wildman–Crippen LogP) is 3.08. The van der Waals surface area contributed by atoms with Gasteiger partial charge in [-0.05, 0) is 17.7 Å². The molecular formula is C19H14N2O4.